The molecule has 0 bridgehead atoms. The second-order valence-corrected chi connectivity index (χ2v) is 3.64. The van der Waals surface area contributed by atoms with Gasteiger partial charge in [0.1, 0.15) is 0 Å². The normalized spacial score (nSPS) is 16.9. The molecule has 1 saturated heterocycles. The molecule has 2 aromatic rings. The lowest BCUT2D eigenvalue weighted by atomic mass is 10.00. The summed E-state index contributed by atoms with van der Waals surface area (Å²) in [6, 6.07) is 7.99. The van der Waals surface area contributed by atoms with Gasteiger partial charge >= 0.3 is 0 Å². The minimum atomic E-state index is 0.562. The van der Waals surface area contributed by atoms with Gasteiger partial charge in [-0.25, -0.2) is 4.98 Å². The number of hydrogen-bond acceptors (Lipinski definition) is 3. The molecular formula is C11H11N3. The predicted molar refractivity (Wildman–Crippen MR) is 55.1 cm³/mol. The van der Waals surface area contributed by atoms with Gasteiger partial charge in [-0.2, -0.15) is 0 Å². The molecule has 1 N–H and O–H groups in total. The maximum absolute atomic E-state index is 4.59. The zero-order valence-electron chi connectivity index (χ0n) is 7.77. The van der Waals surface area contributed by atoms with Crippen molar-refractivity contribution < 1.29 is 0 Å². The van der Waals surface area contributed by atoms with Crippen molar-refractivity contribution in [1.82, 2.24) is 15.3 Å². The van der Waals surface area contributed by atoms with Crippen LogP contribution in [-0.2, 0) is 0 Å². The summed E-state index contributed by atoms with van der Waals surface area (Å²) in [6.45, 7) is 2.07. The maximum atomic E-state index is 4.59. The fourth-order valence-corrected chi connectivity index (χ4v) is 1.67. The smallest absolute Gasteiger partial charge is 0.0890 e. The number of nitrogens with one attached hydrogen (secondary N) is 1. The first-order chi connectivity index (χ1) is 6.93. The van der Waals surface area contributed by atoms with Gasteiger partial charge in [0.2, 0.25) is 0 Å². The Morgan fingerprint density at radius 2 is 1.93 bits per heavy atom. The van der Waals surface area contributed by atoms with Gasteiger partial charge in [0.05, 0.1) is 16.7 Å². The number of hydrogen-bond donors (Lipinski definition) is 1. The highest BCUT2D eigenvalue weighted by Crippen LogP contribution is 2.18. The molecule has 0 atom stereocenters. The van der Waals surface area contributed by atoms with Gasteiger partial charge in [0.25, 0.3) is 0 Å². The molecular weight excluding hydrogens is 174 g/mol. The van der Waals surface area contributed by atoms with Gasteiger partial charge < -0.3 is 5.32 Å². The molecule has 3 heteroatoms. The SMILES string of the molecule is c1ccc2nc(C3CNC3)cnc2c1. The molecule has 0 saturated carbocycles. The van der Waals surface area contributed by atoms with Crippen molar-refractivity contribution in [2.45, 2.75) is 5.92 Å². The van der Waals surface area contributed by atoms with Crippen molar-refractivity contribution in [3.63, 3.8) is 0 Å². The Morgan fingerprint density at radius 1 is 1.14 bits per heavy atom. The van der Waals surface area contributed by atoms with Gasteiger partial charge in [-0.3, -0.25) is 4.98 Å². The summed E-state index contributed by atoms with van der Waals surface area (Å²) >= 11 is 0. The molecule has 1 aliphatic rings. The quantitative estimate of drug-likeness (QED) is 0.728. The van der Waals surface area contributed by atoms with E-state index in [1.54, 1.807) is 0 Å². The number of aromatic nitrogens is 2. The van der Waals surface area contributed by atoms with Crippen LogP contribution in [0.5, 0.6) is 0 Å². The van der Waals surface area contributed by atoms with E-state index in [4.69, 9.17) is 0 Å². The summed E-state index contributed by atoms with van der Waals surface area (Å²) in [4.78, 5) is 8.99. The van der Waals surface area contributed by atoms with Crippen molar-refractivity contribution in [2.75, 3.05) is 13.1 Å². The Kier molecular flexibility index (Phi) is 1.70. The summed E-state index contributed by atoms with van der Waals surface area (Å²) < 4.78 is 0. The lowest BCUT2D eigenvalue weighted by Gasteiger charge is -2.26. The van der Waals surface area contributed by atoms with E-state index in [1.807, 2.05) is 30.5 Å². The van der Waals surface area contributed by atoms with E-state index < -0.39 is 0 Å². The first-order valence-corrected chi connectivity index (χ1v) is 4.86. The van der Waals surface area contributed by atoms with E-state index in [0.29, 0.717) is 5.92 Å². The standard InChI is InChI=1S/C11H11N3/c1-2-4-10-9(3-1)13-7-11(14-10)8-5-12-6-8/h1-4,7-8,12H,5-6H2. The molecule has 0 unspecified atom stereocenters. The number of fused-ring (bicyclic) bond motifs is 1. The number of nitrogens with zero attached hydrogens (tertiary/aromatic N) is 2. The van der Waals surface area contributed by atoms with Crippen LogP contribution in [0.2, 0.25) is 0 Å². The third-order valence-electron chi connectivity index (χ3n) is 2.67. The van der Waals surface area contributed by atoms with Gasteiger partial charge in [0, 0.05) is 25.2 Å². The van der Waals surface area contributed by atoms with Crippen molar-refractivity contribution >= 4 is 11.0 Å². The van der Waals surface area contributed by atoms with Gasteiger partial charge in [-0.15, -0.1) is 0 Å². The topological polar surface area (TPSA) is 37.8 Å². The summed E-state index contributed by atoms with van der Waals surface area (Å²) in [5.41, 5.74) is 3.09. The highest BCUT2D eigenvalue weighted by Gasteiger charge is 2.20. The highest BCUT2D eigenvalue weighted by molar-refractivity contribution is 5.73. The first-order valence-electron chi connectivity index (χ1n) is 4.86. The molecule has 1 aromatic carbocycles. The van der Waals surface area contributed by atoms with Crippen LogP contribution < -0.4 is 5.32 Å². The molecule has 1 aliphatic heterocycles. The average Bonchev–Trinajstić information content (AvgIpc) is 2.15. The summed E-state index contributed by atoms with van der Waals surface area (Å²) in [5, 5.41) is 3.24. The van der Waals surface area contributed by atoms with Crippen LogP contribution in [0.1, 0.15) is 11.6 Å². The van der Waals surface area contributed by atoms with Crippen molar-refractivity contribution in [3.8, 4) is 0 Å². The van der Waals surface area contributed by atoms with Gasteiger partial charge in [-0.1, -0.05) is 12.1 Å². The van der Waals surface area contributed by atoms with E-state index in [0.717, 1.165) is 29.8 Å². The van der Waals surface area contributed by atoms with Gasteiger partial charge in [0.15, 0.2) is 0 Å². The molecule has 1 fully saturated rings. The molecule has 0 radical (unpaired) electrons. The monoisotopic (exact) mass is 185 g/mol. The van der Waals surface area contributed by atoms with Crippen LogP contribution in [0.4, 0.5) is 0 Å². The molecule has 3 rings (SSSR count). The van der Waals surface area contributed by atoms with Crippen LogP contribution in [0.3, 0.4) is 0 Å². The highest BCUT2D eigenvalue weighted by atomic mass is 15.0. The van der Waals surface area contributed by atoms with Crippen LogP contribution in [0.15, 0.2) is 30.5 Å². The van der Waals surface area contributed by atoms with Crippen LogP contribution in [0, 0.1) is 0 Å². The van der Waals surface area contributed by atoms with Crippen molar-refractivity contribution in [3.05, 3.63) is 36.2 Å². The predicted octanol–water partition coefficient (Wildman–Crippen LogP) is 1.32. The number of para-hydroxylation sites is 2. The third-order valence-corrected chi connectivity index (χ3v) is 2.67. The minimum absolute atomic E-state index is 0.562. The van der Waals surface area contributed by atoms with E-state index in [2.05, 4.69) is 15.3 Å². The lowest BCUT2D eigenvalue weighted by Crippen LogP contribution is -2.40. The number of benzene rings is 1. The third kappa shape index (κ3) is 1.17. The summed E-state index contributed by atoms with van der Waals surface area (Å²) in [5.74, 6) is 0.562. The van der Waals surface area contributed by atoms with E-state index in [-0.39, 0.29) is 0 Å². The van der Waals surface area contributed by atoms with Crippen molar-refractivity contribution in [2.24, 2.45) is 0 Å². The largest absolute Gasteiger partial charge is 0.315 e. The average molecular weight is 185 g/mol. The first kappa shape index (κ1) is 7.88. The zero-order valence-corrected chi connectivity index (χ0v) is 7.77. The molecule has 14 heavy (non-hydrogen) atoms. The number of rotatable bonds is 1. The molecule has 70 valence electrons. The Labute approximate surface area is 82.2 Å². The molecule has 1 aromatic heterocycles. The van der Waals surface area contributed by atoms with E-state index >= 15 is 0 Å². The maximum Gasteiger partial charge on any atom is 0.0890 e. The molecule has 0 aliphatic carbocycles. The second kappa shape index (κ2) is 3.03. The molecule has 0 spiro atoms. The fourth-order valence-electron chi connectivity index (χ4n) is 1.67. The Balaban J connectivity index is 2.10. The van der Waals surface area contributed by atoms with Crippen LogP contribution in [0.25, 0.3) is 11.0 Å². The Morgan fingerprint density at radius 3 is 2.64 bits per heavy atom. The summed E-state index contributed by atoms with van der Waals surface area (Å²) in [7, 11) is 0. The molecule has 2 heterocycles. The second-order valence-electron chi connectivity index (χ2n) is 3.64. The van der Waals surface area contributed by atoms with Crippen LogP contribution >= 0.6 is 0 Å². The van der Waals surface area contributed by atoms with Crippen molar-refractivity contribution in [1.29, 1.82) is 0 Å². The van der Waals surface area contributed by atoms with Gasteiger partial charge in [-0.05, 0) is 12.1 Å². The molecule has 3 nitrogen and oxygen atoms in total. The lowest BCUT2D eigenvalue weighted by molar-refractivity contribution is 0.440. The zero-order chi connectivity index (χ0) is 9.38. The van der Waals surface area contributed by atoms with E-state index in [9.17, 15) is 0 Å². The molecule has 0 amide bonds. The van der Waals surface area contributed by atoms with Crippen LogP contribution in [-0.4, -0.2) is 23.1 Å². The minimum Gasteiger partial charge on any atom is -0.315 e. The Hall–Kier alpha value is -1.48. The Bertz CT molecular complexity index is 463. The van der Waals surface area contributed by atoms with E-state index in [1.165, 1.54) is 0 Å². The fraction of sp³-hybridized carbons (Fsp3) is 0.273. The summed E-state index contributed by atoms with van der Waals surface area (Å²) in [6.07, 6.45) is 1.90.